The first-order valence-corrected chi connectivity index (χ1v) is 5.69. The molecule has 1 aliphatic rings. The normalized spacial score (nSPS) is 14.2. The van der Waals surface area contributed by atoms with Gasteiger partial charge in [-0.1, -0.05) is 0 Å². The summed E-state index contributed by atoms with van der Waals surface area (Å²) in [6.07, 6.45) is 0. The first-order chi connectivity index (χ1) is 8.13. The van der Waals surface area contributed by atoms with Crippen LogP contribution in [0.15, 0.2) is 4.99 Å². The van der Waals surface area contributed by atoms with Crippen molar-refractivity contribution in [2.45, 2.75) is 13.5 Å². The van der Waals surface area contributed by atoms with Crippen molar-refractivity contribution in [2.24, 2.45) is 12.0 Å². The molecule has 1 aliphatic heterocycles. The summed E-state index contributed by atoms with van der Waals surface area (Å²) in [6, 6.07) is 0. The monoisotopic (exact) mass is 365 g/mol. The quantitative estimate of drug-likeness (QED) is 0.804. The largest absolute Gasteiger partial charge is 0.481 e. The Balaban J connectivity index is 0.00000162. The molecule has 1 N–H and O–H groups in total. The van der Waals surface area contributed by atoms with E-state index in [1.165, 1.54) is 0 Å². The van der Waals surface area contributed by atoms with Gasteiger partial charge in [-0.15, -0.1) is 24.0 Å². The number of methoxy groups -OCH3 is 1. The highest BCUT2D eigenvalue weighted by atomic mass is 127. The summed E-state index contributed by atoms with van der Waals surface area (Å²) >= 11 is 0. The van der Waals surface area contributed by atoms with E-state index in [4.69, 9.17) is 4.74 Å². The number of rotatable bonds is 3. The van der Waals surface area contributed by atoms with Gasteiger partial charge in [-0.2, -0.15) is 5.10 Å². The van der Waals surface area contributed by atoms with Crippen LogP contribution < -0.4 is 10.1 Å². The van der Waals surface area contributed by atoms with E-state index in [1.807, 2.05) is 21.0 Å². The molecule has 1 aromatic rings. The molecule has 0 unspecified atom stereocenters. The summed E-state index contributed by atoms with van der Waals surface area (Å²) in [4.78, 5) is 6.50. The first kappa shape index (κ1) is 15.1. The van der Waals surface area contributed by atoms with Gasteiger partial charge < -0.3 is 15.0 Å². The van der Waals surface area contributed by atoms with Crippen molar-refractivity contribution in [3.05, 3.63) is 11.3 Å². The zero-order valence-corrected chi connectivity index (χ0v) is 13.6. The highest BCUT2D eigenvalue weighted by molar-refractivity contribution is 14.0. The van der Waals surface area contributed by atoms with Crippen molar-refractivity contribution in [3.8, 4) is 5.88 Å². The van der Waals surface area contributed by atoms with Crippen LogP contribution in [0.2, 0.25) is 0 Å². The Kier molecular flexibility index (Phi) is 5.24. The Morgan fingerprint density at radius 1 is 1.39 bits per heavy atom. The number of guanidine groups is 1. The van der Waals surface area contributed by atoms with Crippen molar-refractivity contribution >= 4 is 29.9 Å². The van der Waals surface area contributed by atoms with Gasteiger partial charge in [0.05, 0.1) is 31.5 Å². The summed E-state index contributed by atoms with van der Waals surface area (Å²) < 4.78 is 7.10. The second-order valence-electron chi connectivity index (χ2n) is 4.18. The van der Waals surface area contributed by atoms with Crippen LogP contribution in [0, 0.1) is 6.92 Å². The molecule has 0 aliphatic carbocycles. The van der Waals surface area contributed by atoms with Crippen molar-refractivity contribution < 1.29 is 4.74 Å². The van der Waals surface area contributed by atoms with Crippen LogP contribution in [-0.2, 0) is 13.6 Å². The van der Waals surface area contributed by atoms with Crippen LogP contribution >= 0.6 is 24.0 Å². The van der Waals surface area contributed by atoms with Crippen molar-refractivity contribution in [1.29, 1.82) is 0 Å². The Morgan fingerprint density at radius 2 is 2.11 bits per heavy atom. The Morgan fingerprint density at radius 3 is 2.67 bits per heavy atom. The number of halogens is 1. The summed E-state index contributed by atoms with van der Waals surface area (Å²) in [6.45, 7) is 4.51. The van der Waals surface area contributed by atoms with Gasteiger partial charge in [0.1, 0.15) is 0 Å². The number of likely N-dealkylation sites (N-methyl/N-ethyl adjacent to an activating group) is 1. The second-order valence-corrected chi connectivity index (χ2v) is 4.18. The average molecular weight is 365 g/mol. The molecule has 0 amide bonds. The zero-order valence-electron chi connectivity index (χ0n) is 11.2. The fraction of sp³-hybridized carbons (Fsp3) is 0.636. The molecule has 6 nitrogen and oxygen atoms in total. The maximum Gasteiger partial charge on any atom is 0.216 e. The lowest BCUT2D eigenvalue weighted by molar-refractivity contribution is 0.368. The molecule has 2 heterocycles. The van der Waals surface area contributed by atoms with Crippen molar-refractivity contribution in [3.63, 3.8) is 0 Å². The molecule has 0 spiro atoms. The van der Waals surface area contributed by atoms with Gasteiger partial charge >= 0.3 is 0 Å². The third kappa shape index (κ3) is 2.88. The molecule has 7 heteroatoms. The highest BCUT2D eigenvalue weighted by Crippen LogP contribution is 2.20. The standard InChI is InChI=1S/C11H19N5O.HI/c1-8-9(10(17-4)16(3)14-8)7-13-11-12-5-6-15(11)2;/h5-7H2,1-4H3,(H,12,13);1H. The molecule has 0 aromatic carbocycles. The van der Waals surface area contributed by atoms with Crippen LogP contribution in [0.4, 0.5) is 0 Å². The molecule has 18 heavy (non-hydrogen) atoms. The van der Waals surface area contributed by atoms with E-state index in [9.17, 15) is 0 Å². The van der Waals surface area contributed by atoms with E-state index in [0.717, 1.165) is 36.2 Å². The average Bonchev–Trinajstić information content (AvgIpc) is 2.80. The molecule has 0 fully saturated rings. The van der Waals surface area contributed by atoms with Crippen LogP contribution in [0.25, 0.3) is 0 Å². The van der Waals surface area contributed by atoms with Gasteiger partial charge in [0, 0.05) is 20.6 Å². The maximum atomic E-state index is 5.35. The lowest BCUT2D eigenvalue weighted by Gasteiger charge is -2.15. The molecule has 0 atom stereocenters. The van der Waals surface area contributed by atoms with Gasteiger partial charge in [-0.3, -0.25) is 4.99 Å². The number of aryl methyl sites for hydroxylation is 2. The Hall–Kier alpha value is -0.990. The smallest absolute Gasteiger partial charge is 0.216 e. The molecule has 102 valence electrons. The Labute approximate surface area is 124 Å². The van der Waals surface area contributed by atoms with E-state index < -0.39 is 0 Å². The first-order valence-electron chi connectivity index (χ1n) is 5.69. The number of nitrogens with zero attached hydrogens (tertiary/aromatic N) is 4. The van der Waals surface area contributed by atoms with Crippen LogP contribution in [0.3, 0.4) is 0 Å². The van der Waals surface area contributed by atoms with Gasteiger partial charge in [0.15, 0.2) is 5.96 Å². The topological polar surface area (TPSA) is 54.7 Å². The lowest BCUT2D eigenvalue weighted by atomic mass is 10.2. The van der Waals surface area contributed by atoms with Gasteiger partial charge in [-0.05, 0) is 6.92 Å². The number of aromatic nitrogens is 2. The third-order valence-electron chi connectivity index (χ3n) is 2.96. The summed E-state index contributed by atoms with van der Waals surface area (Å²) in [5, 5.41) is 7.66. The van der Waals surface area contributed by atoms with Crippen LogP contribution in [0.5, 0.6) is 5.88 Å². The summed E-state index contributed by atoms with van der Waals surface area (Å²) in [5.41, 5.74) is 2.07. The molecule has 0 saturated carbocycles. The van der Waals surface area contributed by atoms with E-state index in [1.54, 1.807) is 11.8 Å². The number of hydrogen-bond donors (Lipinski definition) is 1. The van der Waals surface area contributed by atoms with Crippen molar-refractivity contribution in [2.75, 3.05) is 27.2 Å². The number of hydrogen-bond acceptors (Lipinski definition) is 5. The van der Waals surface area contributed by atoms with Crippen LogP contribution in [-0.4, -0.2) is 47.9 Å². The van der Waals surface area contributed by atoms with Gasteiger partial charge in [0.2, 0.25) is 5.88 Å². The minimum Gasteiger partial charge on any atom is -0.481 e. The zero-order chi connectivity index (χ0) is 12.4. The fourth-order valence-electron chi connectivity index (χ4n) is 2.03. The molecule has 0 saturated heterocycles. The van der Waals surface area contributed by atoms with Crippen LogP contribution in [0.1, 0.15) is 11.3 Å². The molecule has 0 radical (unpaired) electrons. The number of nitrogens with one attached hydrogen (secondary N) is 1. The summed E-state index contributed by atoms with van der Waals surface area (Å²) in [5.74, 6) is 1.74. The second kappa shape index (κ2) is 6.26. The van der Waals surface area contributed by atoms with E-state index in [2.05, 4.69) is 20.3 Å². The third-order valence-corrected chi connectivity index (χ3v) is 2.96. The molecule has 0 bridgehead atoms. The van der Waals surface area contributed by atoms with Gasteiger partial charge in [-0.25, -0.2) is 4.68 Å². The van der Waals surface area contributed by atoms with E-state index in [-0.39, 0.29) is 24.0 Å². The van der Waals surface area contributed by atoms with E-state index in [0.29, 0.717) is 6.54 Å². The molecule has 1 aromatic heterocycles. The minimum absolute atomic E-state index is 0. The van der Waals surface area contributed by atoms with E-state index >= 15 is 0 Å². The minimum atomic E-state index is 0. The lowest BCUT2D eigenvalue weighted by Crippen LogP contribution is -2.35. The SMILES string of the molecule is COc1c(CNC2=NCCN2C)c(C)nn1C.I. The van der Waals surface area contributed by atoms with Crippen molar-refractivity contribution in [1.82, 2.24) is 20.0 Å². The number of aliphatic imine (C=N–C) groups is 1. The maximum absolute atomic E-state index is 5.35. The molecule has 2 rings (SSSR count). The predicted octanol–water partition coefficient (Wildman–Crippen LogP) is 0.746. The molecular weight excluding hydrogens is 345 g/mol. The number of ether oxygens (including phenoxy) is 1. The predicted molar refractivity (Wildman–Crippen MR) is 81.7 cm³/mol. The van der Waals surface area contributed by atoms with Gasteiger partial charge in [0.25, 0.3) is 0 Å². The summed E-state index contributed by atoms with van der Waals surface area (Å²) in [7, 11) is 5.58. The molecular formula is C11H20IN5O. The highest BCUT2D eigenvalue weighted by Gasteiger charge is 2.16. The fourth-order valence-corrected chi connectivity index (χ4v) is 2.03. The Bertz CT molecular complexity index is 443.